The van der Waals surface area contributed by atoms with Gasteiger partial charge in [-0.25, -0.2) is 9.97 Å². The molecule has 1 rings (SSSR count). The molecule has 0 aliphatic heterocycles. The summed E-state index contributed by atoms with van der Waals surface area (Å²) in [5.41, 5.74) is 0. The van der Waals surface area contributed by atoms with Crippen LogP contribution in [0, 0.1) is 0 Å². The molecule has 0 saturated heterocycles. The Morgan fingerprint density at radius 2 is 2.06 bits per heavy atom. The number of nitrogens with zero attached hydrogens (tertiary/aromatic N) is 2. The van der Waals surface area contributed by atoms with E-state index in [9.17, 15) is 0 Å². The summed E-state index contributed by atoms with van der Waals surface area (Å²) in [5, 5.41) is 3.16. The molecular weight excluding hydrogens is 234 g/mol. The fourth-order valence-corrected chi connectivity index (χ4v) is 1.36. The molecule has 0 aliphatic rings. The van der Waals surface area contributed by atoms with Crippen LogP contribution >= 0.6 is 0 Å². The van der Waals surface area contributed by atoms with Crippen molar-refractivity contribution in [1.82, 2.24) is 9.97 Å². The van der Waals surface area contributed by atoms with Crippen LogP contribution in [0.4, 0.5) is 5.82 Å². The third kappa shape index (κ3) is 5.29. The first kappa shape index (κ1) is 14.7. The Hall–Kier alpha value is -1.40. The van der Waals surface area contributed by atoms with Crippen molar-refractivity contribution < 1.29 is 14.2 Å². The minimum absolute atomic E-state index is 0.0144. The minimum Gasteiger partial charge on any atom is -0.475 e. The van der Waals surface area contributed by atoms with Gasteiger partial charge in [0.05, 0.1) is 18.8 Å². The largest absolute Gasteiger partial charge is 0.475 e. The molecule has 0 saturated carbocycles. The van der Waals surface area contributed by atoms with Crippen LogP contribution in [0.3, 0.4) is 0 Å². The molecule has 0 aliphatic carbocycles. The summed E-state index contributed by atoms with van der Waals surface area (Å²) in [7, 11) is 3.30. The molecule has 1 unspecified atom stereocenters. The Balaban J connectivity index is 2.51. The highest BCUT2D eigenvalue weighted by Crippen LogP contribution is 2.12. The molecule has 1 N–H and O–H groups in total. The molecule has 6 nitrogen and oxygen atoms in total. The molecule has 6 heteroatoms. The van der Waals surface area contributed by atoms with E-state index in [4.69, 9.17) is 14.2 Å². The molecule has 1 heterocycles. The van der Waals surface area contributed by atoms with Gasteiger partial charge in [0, 0.05) is 26.8 Å². The number of nitrogens with one attached hydrogen (secondary N) is 1. The van der Waals surface area contributed by atoms with E-state index in [1.165, 1.54) is 6.33 Å². The molecule has 1 aromatic heterocycles. The summed E-state index contributed by atoms with van der Waals surface area (Å²) in [6, 6.07) is 1.76. The van der Waals surface area contributed by atoms with Crippen LogP contribution in [-0.2, 0) is 9.47 Å². The minimum atomic E-state index is -0.0144. The SMILES string of the molecule is COCC(CNc1cc(OC(C)C)ncn1)OC. The van der Waals surface area contributed by atoms with Crippen molar-refractivity contribution in [2.45, 2.75) is 26.1 Å². The molecule has 0 bridgehead atoms. The maximum absolute atomic E-state index is 5.49. The lowest BCUT2D eigenvalue weighted by molar-refractivity contribution is 0.0365. The second kappa shape index (κ2) is 7.84. The summed E-state index contributed by atoms with van der Waals surface area (Å²) in [4.78, 5) is 8.15. The van der Waals surface area contributed by atoms with Crippen molar-refractivity contribution in [2.24, 2.45) is 0 Å². The summed E-state index contributed by atoms with van der Waals surface area (Å²) in [6.45, 7) is 5.05. The van der Waals surface area contributed by atoms with Gasteiger partial charge >= 0.3 is 0 Å². The predicted octanol–water partition coefficient (Wildman–Crippen LogP) is 1.34. The molecule has 0 radical (unpaired) electrons. The molecular formula is C12H21N3O3. The third-order valence-corrected chi connectivity index (χ3v) is 2.20. The number of aromatic nitrogens is 2. The van der Waals surface area contributed by atoms with Crippen molar-refractivity contribution >= 4 is 5.82 Å². The lowest BCUT2D eigenvalue weighted by Gasteiger charge is -2.15. The Morgan fingerprint density at radius 1 is 1.28 bits per heavy atom. The molecule has 1 atom stereocenters. The van der Waals surface area contributed by atoms with Gasteiger partial charge < -0.3 is 19.5 Å². The normalized spacial score (nSPS) is 12.5. The number of hydrogen-bond donors (Lipinski definition) is 1. The molecule has 0 amide bonds. The number of rotatable bonds is 8. The monoisotopic (exact) mass is 255 g/mol. The average Bonchev–Trinajstić information content (AvgIpc) is 2.34. The van der Waals surface area contributed by atoms with Gasteiger partial charge in [-0.15, -0.1) is 0 Å². The number of anilines is 1. The highest BCUT2D eigenvalue weighted by Gasteiger charge is 2.07. The maximum atomic E-state index is 5.49. The van der Waals surface area contributed by atoms with Crippen LogP contribution in [0.15, 0.2) is 12.4 Å². The van der Waals surface area contributed by atoms with Crippen LogP contribution in [0.5, 0.6) is 5.88 Å². The Labute approximate surface area is 108 Å². The molecule has 0 spiro atoms. The van der Waals surface area contributed by atoms with Gasteiger partial charge in [0.1, 0.15) is 12.1 Å². The Kier molecular flexibility index (Phi) is 6.38. The summed E-state index contributed by atoms with van der Waals surface area (Å²) in [6.07, 6.45) is 1.55. The van der Waals surface area contributed by atoms with E-state index in [1.54, 1.807) is 20.3 Å². The average molecular weight is 255 g/mol. The van der Waals surface area contributed by atoms with Gasteiger partial charge in [0.2, 0.25) is 5.88 Å². The Bertz CT molecular complexity index is 347. The zero-order chi connectivity index (χ0) is 13.4. The lowest BCUT2D eigenvalue weighted by atomic mass is 10.3. The molecule has 0 fully saturated rings. The van der Waals surface area contributed by atoms with Crippen LogP contribution < -0.4 is 10.1 Å². The van der Waals surface area contributed by atoms with Crippen molar-refractivity contribution in [3.8, 4) is 5.88 Å². The van der Waals surface area contributed by atoms with E-state index in [-0.39, 0.29) is 12.2 Å². The second-order valence-electron chi connectivity index (χ2n) is 4.10. The van der Waals surface area contributed by atoms with E-state index in [1.807, 2.05) is 13.8 Å². The number of hydrogen-bond acceptors (Lipinski definition) is 6. The second-order valence-corrected chi connectivity index (χ2v) is 4.10. The fraction of sp³-hybridized carbons (Fsp3) is 0.667. The zero-order valence-electron chi connectivity index (χ0n) is 11.3. The van der Waals surface area contributed by atoms with Crippen molar-refractivity contribution in [3.63, 3.8) is 0 Å². The molecule has 18 heavy (non-hydrogen) atoms. The van der Waals surface area contributed by atoms with Gasteiger partial charge in [-0.05, 0) is 13.8 Å². The van der Waals surface area contributed by atoms with E-state index in [0.717, 1.165) is 0 Å². The third-order valence-electron chi connectivity index (χ3n) is 2.20. The number of methoxy groups -OCH3 is 2. The standard InChI is InChI=1S/C12H21N3O3/c1-9(2)18-12-5-11(14-8-15-12)13-6-10(17-4)7-16-3/h5,8-10H,6-7H2,1-4H3,(H,13,14,15). The molecule has 0 aromatic carbocycles. The summed E-state index contributed by atoms with van der Waals surface area (Å²) >= 11 is 0. The maximum Gasteiger partial charge on any atom is 0.218 e. The first-order chi connectivity index (χ1) is 8.65. The van der Waals surface area contributed by atoms with Crippen LogP contribution in [0.25, 0.3) is 0 Å². The van der Waals surface area contributed by atoms with Gasteiger partial charge in [-0.1, -0.05) is 0 Å². The Morgan fingerprint density at radius 3 is 2.67 bits per heavy atom. The topological polar surface area (TPSA) is 65.5 Å². The van der Waals surface area contributed by atoms with Crippen molar-refractivity contribution in [3.05, 3.63) is 12.4 Å². The molecule has 1 aromatic rings. The summed E-state index contributed by atoms with van der Waals surface area (Å²) in [5.74, 6) is 1.27. The van der Waals surface area contributed by atoms with Crippen molar-refractivity contribution in [2.75, 3.05) is 32.7 Å². The number of ether oxygens (including phenoxy) is 3. The molecule has 102 valence electrons. The van der Waals surface area contributed by atoms with E-state index < -0.39 is 0 Å². The first-order valence-electron chi connectivity index (χ1n) is 5.90. The fourth-order valence-electron chi connectivity index (χ4n) is 1.36. The predicted molar refractivity (Wildman–Crippen MR) is 69.0 cm³/mol. The van der Waals surface area contributed by atoms with Gasteiger partial charge in [0.25, 0.3) is 0 Å². The highest BCUT2D eigenvalue weighted by molar-refractivity contribution is 5.37. The van der Waals surface area contributed by atoms with E-state index in [0.29, 0.717) is 24.8 Å². The quantitative estimate of drug-likeness (QED) is 0.756. The summed E-state index contributed by atoms with van der Waals surface area (Å²) < 4.78 is 15.8. The van der Waals surface area contributed by atoms with Crippen LogP contribution in [-0.4, -0.2) is 49.5 Å². The smallest absolute Gasteiger partial charge is 0.218 e. The van der Waals surface area contributed by atoms with Gasteiger partial charge in [-0.2, -0.15) is 0 Å². The first-order valence-corrected chi connectivity index (χ1v) is 5.90. The van der Waals surface area contributed by atoms with Crippen molar-refractivity contribution in [1.29, 1.82) is 0 Å². The van der Waals surface area contributed by atoms with Crippen LogP contribution in [0.1, 0.15) is 13.8 Å². The van der Waals surface area contributed by atoms with Gasteiger partial charge in [-0.3, -0.25) is 0 Å². The van der Waals surface area contributed by atoms with Gasteiger partial charge in [0.15, 0.2) is 0 Å². The zero-order valence-corrected chi connectivity index (χ0v) is 11.3. The van der Waals surface area contributed by atoms with E-state index in [2.05, 4.69) is 15.3 Å². The van der Waals surface area contributed by atoms with E-state index >= 15 is 0 Å². The highest BCUT2D eigenvalue weighted by atomic mass is 16.5. The van der Waals surface area contributed by atoms with Crippen LogP contribution in [0.2, 0.25) is 0 Å². The lowest BCUT2D eigenvalue weighted by Crippen LogP contribution is -2.26.